The maximum Gasteiger partial charge on any atom is 0.377 e. The van der Waals surface area contributed by atoms with Crippen molar-refractivity contribution in [2.75, 3.05) is 7.11 Å². The Morgan fingerprint density at radius 3 is 2.61 bits per heavy atom. The molecule has 0 saturated heterocycles. The van der Waals surface area contributed by atoms with Crippen molar-refractivity contribution in [1.82, 2.24) is 14.8 Å². The summed E-state index contributed by atoms with van der Waals surface area (Å²) >= 11 is 4.86. The SMILES string of the molecule is COC(=O)c1ncn(-c2ccc(C(N)=S)cc2)n1. The molecule has 1 heterocycles. The van der Waals surface area contributed by atoms with Crippen LogP contribution in [0, 0.1) is 0 Å². The monoisotopic (exact) mass is 262 g/mol. The van der Waals surface area contributed by atoms with Gasteiger partial charge in [-0.25, -0.2) is 14.5 Å². The van der Waals surface area contributed by atoms with Gasteiger partial charge in [-0.1, -0.05) is 12.2 Å². The minimum atomic E-state index is -0.575. The van der Waals surface area contributed by atoms with Gasteiger partial charge in [-0.15, -0.1) is 5.10 Å². The Balaban J connectivity index is 2.29. The van der Waals surface area contributed by atoms with Crippen LogP contribution < -0.4 is 5.73 Å². The van der Waals surface area contributed by atoms with Crippen molar-refractivity contribution in [3.05, 3.63) is 42.0 Å². The number of esters is 1. The molecule has 0 aliphatic carbocycles. The summed E-state index contributed by atoms with van der Waals surface area (Å²) in [5.41, 5.74) is 7.01. The largest absolute Gasteiger partial charge is 0.463 e. The highest BCUT2D eigenvalue weighted by Crippen LogP contribution is 2.08. The zero-order chi connectivity index (χ0) is 13.1. The first kappa shape index (κ1) is 12.2. The Morgan fingerprint density at radius 2 is 2.06 bits per heavy atom. The number of benzene rings is 1. The van der Waals surface area contributed by atoms with Crippen LogP contribution in [0.2, 0.25) is 0 Å². The molecule has 0 aliphatic rings. The fourth-order valence-corrected chi connectivity index (χ4v) is 1.49. The highest BCUT2D eigenvalue weighted by Gasteiger charge is 2.11. The van der Waals surface area contributed by atoms with Crippen LogP contribution in [0.25, 0.3) is 5.69 Å². The summed E-state index contributed by atoms with van der Waals surface area (Å²) < 4.78 is 5.99. The second-order valence-corrected chi connectivity index (χ2v) is 3.86. The number of carbonyl (C=O) groups excluding carboxylic acids is 1. The minimum absolute atomic E-state index is 0.0101. The number of rotatable bonds is 3. The Labute approximate surface area is 108 Å². The highest BCUT2D eigenvalue weighted by molar-refractivity contribution is 7.80. The summed E-state index contributed by atoms with van der Waals surface area (Å²) in [7, 11) is 1.28. The smallest absolute Gasteiger partial charge is 0.377 e. The summed E-state index contributed by atoms with van der Waals surface area (Å²) in [6.07, 6.45) is 1.43. The molecule has 0 spiro atoms. The summed E-state index contributed by atoms with van der Waals surface area (Å²) in [6.45, 7) is 0. The summed E-state index contributed by atoms with van der Waals surface area (Å²) in [5, 5.41) is 3.99. The molecule has 2 aromatic rings. The van der Waals surface area contributed by atoms with Gasteiger partial charge in [-0.05, 0) is 24.3 Å². The molecule has 0 unspecified atom stereocenters. The van der Waals surface area contributed by atoms with Crippen LogP contribution in [0.4, 0.5) is 0 Å². The number of hydrogen-bond donors (Lipinski definition) is 1. The van der Waals surface area contributed by atoms with E-state index in [0.29, 0.717) is 4.99 Å². The van der Waals surface area contributed by atoms with Crippen molar-refractivity contribution in [3.8, 4) is 5.69 Å². The molecule has 92 valence electrons. The molecule has 2 N–H and O–H groups in total. The van der Waals surface area contributed by atoms with Gasteiger partial charge in [-0.2, -0.15) is 0 Å². The van der Waals surface area contributed by atoms with Gasteiger partial charge in [-0.3, -0.25) is 0 Å². The summed E-state index contributed by atoms with van der Waals surface area (Å²) in [5.74, 6) is -0.565. The number of nitrogens with zero attached hydrogens (tertiary/aromatic N) is 3. The molecule has 0 aliphatic heterocycles. The molecule has 1 aromatic heterocycles. The third kappa shape index (κ3) is 2.35. The van der Waals surface area contributed by atoms with Gasteiger partial charge in [0.2, 0.25) is 0 Å². The van der Waals surface area contributed by atoms with Crippen LogP contribution in [0.3, 0.4) is 0 Å². The molecule has 6 nitrogen and oxygen atoms in total. The van der Waals surface area contributed by atoms with Gasteiger partial charge in [0.25, 0.3) is 5.82 Å². The van der Waals surface area contributed by atoms with Gasteiger partial charge in [0, 0.05) is 5.56 Å². The number of hydrogen-bond acceptors (Lipinski definition) is 5. The maximum atomic E-state index is 11.2. The zero-order valence-electron chi connectivity index (χ0n) is 9.53. The Morgan fingerprint density at radius 1 is 1.39 bits per heavy atom. The first-order valence-electron chi connectivity index (χ1n) is 5.02. The van der Waals surface area contributed by atoms with Gasteiger partial charge >= 0.3 is 5.97 Å². The normalized spacial score (nSPS) is 10.1. The van der Waals surface area contributed by atoms with Gasteiger partial charge in [0.05, 0.1) is 12.8 Å². The average Bonchev–Trinajstić information content (AvgIpc) is 2.87. The lowest BCUT2D eigenvalue weighted by Gasteiger charge is -2.01. The predicted molar refractivity (Wildman–Crippen MR) is 68.6 cm³/mol. The van der Waals surface area contributed by atoms with Crippen molar-refractivity contribution < 1.29 is 9.53 Å². The standard InChI is InChI=1S/C11H10N4O2S/c1-17-11(16)10-13-6-15(14-10)8-4-2-7(3-5-8)9(12)18/h2-6H,1H3,(H2,12,18). The van der Waals surface area contributed by atoms with Gasteiger partial charge in [0.1, 0.15) is 11.3 Å². The molecule has 0 saturated carbocycles. The number of nitrogens with two attached hydrogens (primary N) is 1. The lowest BCUT2D eigenvalue weighted by atomic mass is 10.2. The number of methoxy groups -OCH3 is 1. The molecule has 0 bridgehead atoms. The van der Waals surface area contributed by atoms with Crippen LogP contribution in [0.1, 0.15) is 16.2 Å². The van der Waals surface area contributed by atoms with Crippen LogP contribution in [0.15, 0.2) is 30.6 Å². The summed E-state index contributed by atoms with van der Waals surface area (Å²) in [4.78, 5) is 15.4. The molecule has 2 rings (SSSR count). The lowest BCUT2D eigenvalue weighted by Crippen LogP contribution is -2.09. The van der Waals surface area contributed by atoms with Gasteiger partial charge in [0.15, 0.2) is 0 Å². The molecule has 0 amide bonds. The number of aromatic nitrogens is 3. The quantitative estimate of drug-likeness (QED) is 0.647. The van der Waals surface area contributed by atoms with Crippen LogP contribution in [0.5, 0.6) is 0 Å². The third-order valence-electron chi connectivity index (χ3n) is 2.28. The minimum Gasteiger partial charge on any atom is -0.463 e. The Bertz CT molecular complexity index is 591. The number of thiocarbonyl (C=S) groups is 1. The highest BCUT2D eigenvalue weighted by atomic mass is 32.1. The lowest BCUT2D eigenvalue weighted by molar-refractivity contribution is 0.0587. The van der Waals surface area contributed by atoms with E-state index in [1.165, 1.54) is 18.1 Å². The van der Waals surface area contributed by atoms with E-state index in [0.717, 1.165) is 11.3 Å². The van der Waals surface area contributed by atoms with Crippen LogP contribution in [-0.4, -0.2) is 32.8 Å². The Hall–Kier alpha value is -2.28. The van der Waals surface area contributed by atoms with Crippen molar-refractivity contribution in [2.45, 2.75) is 0 Å². The average molecular weight is 262 g/mol. The molecule has 7 heteroatoms. The Kier molecular flexibility index (Phi) is 3.33. The first-order valence-corrected chi connectivity index (χ1v) is 5.43. The fourth-order valence-electron chi connectivity index (χ4n) is 1.35. The van der Waals surface area contributed by atoms with E-state index in [1.54, 1.807) is 24.3 Å². The van der Waals surface area contributed by atoms with Crippen LogP contribution in [-0.2, 0) is 4.74 Å². The maximum absolute atomic E-state index is 11.2. The molecule has 0 fully saturated rings. The van der Waals surface area contributed by atoms with E-state index in [2.05, 4.69) is 14.8 Å². The first-order chi connectivity index (χ1) is 8.61. The zero-order valence-corrected chi connectivity index (χ0v) is 10.3. The number of ether oxygens (including phenoxy) is 1. The van der Waals surface area contributed by atoms with E-state index >= 15 is 0 Å². The summed E-state index contributed by atoms with van der Waals surface area (Å²) in [6, 6.07) is 7.11. The molecule has 0 atom stereocenters. The van der Waals surface area contributed by atoms with Crippen molar-refractivity contribution in [2.24, 2.45) is 5.73 Å². The number of carbonyl (C=O) groups is 1. The third-order valence-corrected chi connectivity index (χ3v) is 2.51. The van der Waals surface area contributed by atoms with Crippen molar-refractivity contribution in [3.63, 3.8) is 0 Å². The molecule has 18 heavy (non-hydrogen) atoms. The molecular weight excluding hydrogens is 252 g/mol. The van der Waals surface area contributed by atoms with E-state index in [4.69, 9.17) is 18.0 Å². The van der Waals surface area contributed by atoms with Crippen molar-refractivity contribution >= 4 is 23.2 Å². The van der Waals surface area contributed by atoms with E-state index in [-0.39, 0.29) is 5.82 Å². The second kappa shape index (κ2) is 4.92. The van der Waals surface area contributed by atoms with Crippen molar-refractivity contribution in [1.29, 1.82) is 0 Å². The van der Waals surface area contributed by atoms with Gasteiger partial charge < -0.3 is 10.5 Å². The van der Waals surface area contributed by atoms with E-state index in [9.17, 15) is 4.79 Å². The van der Waals surface area contributed by atoms with Crippen LogP contribution >= 0.6 is 12.2 Å². The second-order valence-electron chi connectivity index (χ2n) is 3.42. The molecule has 1 aromatic carbocycles. The molecule has 0 radical (unpaired) electrons. The van der Waals surface area contributed by atoms with E-state index < -0.39 is 5.97 Å². The fraction of sp³-hybridized carbons (Fsp3) is 0.0909. The predicted octanol–water partition coefficient (Wildman–Crippen LogP) is 0.688. The van der Waals surface area contributed by atoms with E-state index in [1.807, 2.05) is 0 Å². The topological polar surface area (TPSA) is 83.0 Å². The molecular formula is C11H10N4O2S.